The summed E-state index contributed by atoms with van der Waals surface area (Å²) in [6.07, 6.45) is 18.5. The molecular weight excluding hydrogens is 871 g/mol. The summed E-state index contributed by atoms with van der Waals surface area (Å²) in [5.74, 6) is 4.18. The number of hydrogen-bond acceptors (Lipinski definition) is 1. The summed E-state index contributed by atoms with van der Waals surface area (Å²) in [5.41, 5.74) is 15.5. The minimum atomic E-state index is 0.479. The Hall–Kier alpha value is -7.91. The van der Waals surface area contributed by atoms with Gasteiger partial charge in [-0.05, 0) is 92.3 Å². The van der Waals surface area contributed by atoms with Crippen molar-refractivity contribution in [2.24, 2.45) is 42.3 Å². The number of hydrogen-bond donors (Lipinski definition) is 0. The molecule has 0 aliphatic heterocycles. The Balaban J connectivity index is 0.000000142. The number of aromatic nitrogens is 9. The molecule has 9 heteroatoms. The number of benzene rings is 4. The highest BCUT2D eigenvalue weighted by atomic mass is 15.2. The first kappa shape index (κ1) is 51.0. The third-order valence-corrected chi connectivity index (χ3v) is 13.0. The van der Waals surface area contributed by atoms with E-state index in [1.807, 2.05) is 61.5 Å². The zero-order valence-electron chi connectivity index (χ0n) is 44.2. The van der Waals surface area contributed by atoms with Gasteiger partial charge in [-0.2, -0.15) is 9.13 Å². The average Bonchev–Trinajstić information content (AvgIpc) is 4.17. The van der Waals surface area contributed by atoms with E-state index in [-0.39, 0.29) is 0 Å². The molecule has 0 unspecified atom stereocenters. The van der Waals surface area contributed by atoms with Crippen molar-refractivity contribution < 1.29 is 18.3 Å². The molecule has 4 aromatic carbocycles. The molecule has 10 aromatic rings. The van der Waals surface area contributed by atoms with E-state index in [0.717, 1.165) is 17.3 Å². The van der Waals surface area contributed by atoms with Crippen molar-refractivity contribution in [3.05, 3.63) is 223 Å². The summed E-state index contributed by atoms with van der Waals surface area (Å²) in [6, 6.07) is 48.8. The van der Waals surface area contributed by atoms with Gasteiger partial charge in [-0.15, -0.1) is 0 Å². The van der Waals surface area contributed by atoms with Gasteiger partial charge in [-0.25, -0.2) is 23.3 Å². The van der Waals surface area contributed by atoms with Crippen LogP contribution in [0.5, 0.6) is 0 Å². The van der Waals surface area contributed by atoms with Crippen molar-refractivity contribution in [3.8, 4) is 57.1 Å². The molecule has 6 heterocycles. The molecule has 0 radical (unpaired) electrons. The van der Waals surface area contributed by atoms with E-state index in [4.69, 9.17) is 0 Å². The topological polar surface area (TPSA) is 48.1 Å². The third-order valence-electron chi connectivity index (χ3n) is 13.0. The zero-order chi connectivity index (χ0) is 50.8. The maximum Gasteiger partial charge on any atom is 0.330 e. The molecule has 0 saturated carbocycles. The van der Waals surface area contributed by atoms with Crippen LogP contribution >= 0.6 is 0 Å². The minimum Gasteiger partial charge on any atom is -0.344 e. The normalized spacial score (nSPS) is 10.9. The predicted molar refractivity (Wildman–Crippen MR) is 289 cm³/mol. The van der Waals surface area contributed by atoms with Gasteiger partial charge in [0.05, 0.1) is 14.1 Å². The molecule has 0 saturated heterocycles. The van der Waals surface area contributed by atoms with Crippen LogP contribution in [0.1, 0.15) is 67.3 Å². The Bertz CT molecular complexity index is 3250. The fraction of sp³-hybridized carbons (Fsp3) is 0.242. The van der Waals surface area contributed by atoms with Gasteiger partial charge in [-0.3, -0.25) is 0 Å². The van der Waals surface area contributed by atoms with Gasteiger partial charge in [0.15, 0.2) is 12.4 Å². The van der Waals surface area contributed by atoms with Crippen LogP contribution in [-0.4, -0.2) is 23.3 Å². The van der Waals surface area contributed by atoms with Crippen molar-refractivity contribution in [2.45, 2.75) is 60.3 Å². The van der Waals surface area contributed by atoms with Gasteiger partial charge in [0.1, 0.15) is 56.0 Å². The molecule has 10 rings (SSSR count). The molecule has 0 amide bonds. The largest absolute Gasteiger partial charge is 0.344 e. The first-order valence-electron chi connectivity index (χ1n) is 24.6. The van der Waals surface area contributed by atoms with Crippen LogP contribution in [0.15, 0.2) is 195 Å². The van der Waals surface area contributed by atoms with Crippen LogP contribution in [-0.2, 0) is 42.3 Å². The minimum absolute atomic E-state index is 0.479. The Morgan fingerprint density at radius 3 is 1.55 bits per heavy atom. The van der Waals surface area contributed by atoms with E-state index in [1.165, 1.54) is 67.5 Å². The van der Waals surface area contributed by atoms with E-state index in [2.05, 4.69) is 266 Å². The number of rotatable bonds is 8. The van der Waals surface area contributed by atoms with Crippen LogP contribution in [0, 0.1) is 20.8 Å². The van der Waals surface area contributed by atoms with Gasteiger partial charge in [0.2, 0.25) is 17.2 Å². The maximum absolute atomic E-state index is 4.43. The van der Waals surface area contributed by atoms with E-state index >= 15 is 0 Å². The maximum atomic E-state index is 4.43. The lowest BCUT2D eigenvalue weighted by Gasteiger charge is -2.17. The molecule has 6 aromatic heterocycles. The van der Waals surface area contributed by atoms with Gasteiger partial charge in [0.25, 0.3) is 0 Å². The van der Waals surface area contributed by atoms with E-state index in [9.17, 15) is 0 Å². The Morgan fingerprint density at radius 2 is 1.01 bits per heavy atom. The molecule has 0 N–H and O–H groups in total. The lowest BCUT2D eigenvalue weighted by atomic mass is 9.92. The van der Waals surface area contributed by atoms with Gasteiger partial charge < -0.3 is 9.13 Å². The highest BCUT2D eigenvalue weighted by Gasteiger charge is 2.27. The first-order chi connectivity index (χ1) is 34.2. The second-order valence-corrected chi connectivity index (χ2v) is 19.0. The van der Waals surface area contributed by atoms with E-state index < -0.39 is 0 Å². The summed E-state index contributed by atoms with van der Waals surface area (Å²) < 4.78 is 17.3. The summed E-state index contributed by atoms with van der Waals surface area (Å²) >= 11 is 0. The standard InChI is InChI=1S/C21H28N3.C14H15N4.C14H16N.C13H14N/c1-15(2)17-9-7-10-18(16(3)4)20(17)24-14-13-23(6)21(24)19-11-8-12-22(19)5;1-16-9-8-15-13(16)14-17(2)10-11-18(14)12-6-4-3-5-7-12;1-11-8-9-14(15(3)10-11)13-7-5-4-6-12(13)2;1-11-7-3-4-8-12(11)13-9-5-6-10-14(13)2/h7-16H,1-6H3;3-11H,1-2H3;4-10H,1-3H3;3-10H,1-2H3/q4*+1. The second kappa shape index (κ2) is 23.1. The summed E-state index contributed by atoms with van der Waals surface area (Å²) in [6.45, 7) is 15.5. The summed E-state index contributed by atoms with van der Waals surface area (Å²) in [5, 5.41) is 0. The SMILES string of the molecule is CC(C)c1cccc(C(C)C)c1-n1cc[n+](C)c1-c1cccn1C.Cc1ccc(-c2ccccc2C)[n+](C)c1.Cc1ccccc1-c1cccc[n+]1C.Cn1ccnc1-c1n(-c2ccccc2)cc[n+]1C. The van der Waals surface area contributed by atoms with Crippen LogP contribution in [0.4, 0.5) is 0 Å². The molecule has 0 fully saturated rings. The molecular formula is C62H73N9+4. The lowest BCUT2D eigenvalue weighted by molar-refractivity contribution is -0.660. The number of para-hydroxylation sites is 2. The van der Waals surface area contributed by atoms with Crippen LogP contribution < -0.4 is 18.3 Å². The first-order valence-corrected chi connectivity index (χ1v) is 24.6. The number of pyridine rings is 2. The Morgan fingerprint density at radius 1 is 0.451 bits per heavy atom. The highest BCUT2D eigenvalue weighted by molar-refractivity contribution is 5.62. The summed E-state index contributed by atoms with van der Waals surface area (Å²) in [7, 11) is 12.4. The Labute approximate surface area is 422 Å². The monoisotopic (exact) mass is 944 g/mol. The molecule has 0 aliphatic rings. The molecule has 9 nitrogen and oxygen atoms in total. The van der Waals surface area contributed by atoms with Gasteiger partial charge >= 0.3 is 11.6 Å². The Kier molecular flexibility index (Phi) is 16.6. The zero-order valence-corrected chi connectivity index (χ0v) is 44.2. The summed E-state index contributed by atoms with van der Waals surface area (Å²) in [4.78, 5) is 4.43. The van der Waals surface area contributed by atoms with E-state index in [1.54, 1.807) is 0 Å². The number of imidazole rings is 3. The van der Waals surface area contributed by atoms with Crippen LogP contribution in [0.3, 0.4) is 0 Å². The van der Waals surface area contributed by atoms with Crippen molar-refractivity contribution >= 4 is 0 Å². The quantitative estimate of drug-likeness (QED) is 0.140. The molecule has 0 spiro atoms. The van der Waals surface area contributed by atoms with Crippen LogP contribution in [0.25, 0.3) is 57.1 Å². The van der Waals surface area contributed by atoms with Gasteiger partial charge in [-0.1, -0.05) is 100 Å². The van der Waals surface area contributed by atoms with Gasteiger partial charge in [0, 0.05) is 78.7 Å². The average molecular weight is 944 g/mol. The smallest absolute Gasteiger partial charge is 0.330 e. The van der Waals surface area contributed by atoms with Crippen molar-refractivity contribution in [1.29, 1.82) is 0 Å². The third kappa shape index (κ3) is 11.8. The fourth-order valence-corrected chi connectivity index (χ4v) is 9.12. The van der Waals surface area contributed by atoms with E-state index in [0.29, 0.717) is 11.8 Å². The van der Waals surface area contributed by atoms with Crippen molar-refractivity contribution in [1.82, 2.24) is 23.3 Å². The molecule has 0 aliphatic carbocycles. The molecule has 362 valence electrons. The number of nitrogens with zero attached hydrogens (tertiary/aromatic N) is 9. The molecule has 0 atom stereocenters. The second-order valence-electron chi connectivity index (χ2n) is 19.0. The molecule has 71 heavy (non-hydrogen) atoms. The lowest BCUT2D eigenvalue weighted by Crippen LogP contribution is -2.30. The number of aryl methyl sites for hydroxylation is 9. The van der Waals surface area contributed by atoms with Crippen molar-refractivity contribution in [2.75, 3.05) is 0 Å². The fourth-order valence-electron chi connectivity index (χ4n) is 9.12. The highest BCUT2D eigenvalue weighted by Crippen LogP contribution is 2.33. The molecule has 0 bridgehead atoms. The van der Waals surface area contributed by atoms with Crippen LogP contribution in [0.2, 0.25) is 0 Å². The van der Waals surface area contributed by atoms with Crippen molar-refractivity contribution in [3.63, 3.8) is 0 Å². The predicted octanol–water partition coefficient (Wildman–Crippen LogP) is 11.5.